The molecule has 1 aromatic carbocycles. The molecular formula is C22H23N3O6S. The zero-order valence-corrected chi connectivity index (χ0v) is 18.2. The van der Waals surface area contributed by atoms with Gasteiger partial charge in [0.05, 0.1) is 15.7 Å². The van der Waals surface area contributed by atoms with Gasteiger partial charge in [-0.25, -0.2) is 0 Å². The average molecular weight is 458 g/mol. The van der Waals surface area contributed by atoms with Gasteiger partial charge in [0.2, 0.25) is 0 Å². The Labute approximate surface area is 188 Å². The molecule has 0 aliphatic carbocycles. The molecule has 3 heterocycles. The quantitative estimate of drug-likeness (QED) is 0.388. The summed E-state index contributed by atoms with van der Waals surface area (Å²) in [6.07, 6.45) is 2.34. The Morgan fingerprint density at radius 1 is 1.16 bits per heavy atom. The molecule has 0 saturated carbocycles. The number of nitrogens with zero attached hydrogens (tertiary/aromatic N) is 3. The number of nitro groups is 1. The van der Waals surface area contributed by atoms with Crippen molar-refractivity contribution < 1.29 is 24.0 Å². The van der Waals surface area contributed by atoms with Crippen LogP contribution in [-0.2, 0) is 20.7 Å². The third-order valence-electron chi connectivity index (χ3n) is 5.88. The normalized spacial score (nSPS) is 16.4. The number of esters is 1. The van der Waals surface area contributed by atoms with Crippen LogP contribution in [0.5, 0.6) is 0 Å². The van der Waals surface area contributed by atoms with Gasteiger partial charge in [-0.1, -0.05) is 6.07 Å². The molecule has 0 unspecified atom stereocenters. The summed E-state index contributed by atoms with van der Waals surface area (Å²) in [5.41, 5.74) is 1.37. The minimum absolute atomic E-state index is 0.00613. The molecule has 1 aromatic heterocycles. The third kappa shape index (κ3) is 4.64. The summed E-state index contributed by atoms with van der Waals surface area (Å²) in [6.45, 7) is 1.06. The number of thiophene rings is 1. The highest BCUT2D eigenvalue weighted by molar-refractivity contribution is 7.12. The summed E-state index contributed by atoms with van der Waals surface area (Å²) in [5, 5.41) is 12.9. The Morgan fingerprint density at radius 3 is 2.62 bits per heavy atom. The maximum Gasteiger partial charge on any atom is 0.309 e. The van der Waals surface area contributed by atoms with Crippen LogP contribution in [0.2, 0.25) is 0 Å². The van der Waals surface area contributed by atoms with Crippen molar-refractivity contribution in [1.29, 1.82) is 0 Å². The molecule has 0 bridgehead atoms. The number of amides is 2. The van der Waals surface area contributed by atoms with Crippen LogP contribution in [0.1, 0.15) is 34.5 Å². The monoisotopic (exact) mass is 457 g/mol. The molecule has 10 heteroatoms. The number of piperidine rings is 1. The topological polar surface area (TPSA) is 110 Å². The Bertz CT molecular complexity index is 1030. The minimum Gasteiger partial charge on any atom is -0.455 e. The first kappa shape index (κ1) is 21.9. The van der Waals surface area contributed by atoms with Gasteiger partial charge in [-0.15, -0.1) is 11.3 Å². The van der Waals surface area contributed by atoms with Crippen molar-refractivity contribution in [3.8, 4) is 0 Å². The molecule has 2 aromatic rings. The molecule has 32 heavy (non-hydrogen) atoms. The van der Waals surface area contributed by atoms with Gasteiger partial charge < -0.3 is 14.5 Å². The summed E-state index contributed by atoms with van der Waals surface area (Å²) in [7, 11) is 0. The zero-order valence-electron chi connectivity index (χ0n) is 17.4. The van der Waals surface area contributed by atoms with Gasteiger partial charge in [0.1, 0.15) is 0 Å². The van der Waals surface area contributed by atoms with Crippen LogP contribution < -0.4 is 4.90 Å². The molecular weight excluding hydrogens is 434 g/mol. The summed E-state index contributed by atoms with van der Waals surface area (Å²) in [6, 6.07) is 8.07. The van der Waals surface area contributed by atoms with Crippen LogP contribution in [0.25, 0.3) is 0 Å². The van der Waals surface area contributed by atoms with Gasteiger partial charge in [-0.3, -0.25) is 24.5 Å². The molecule has 0 atom stereocenters. The highest BCUT2D eigenvalue weighted by Gasteiger charge is 2.30. The van der Waals surface area contributed by atoms with Gasteiger partial charge in [-0.2, -0.15) is 0 Å². The molecule has 168 valence electrons. The number of non-ortho nitro benzene ring substituents is 1. The molecule has 9 nitrogen and oxygen atoms in total. The predicted molar refractivity (Wildman–Crippen MR) is 118 cm³/mol. The van der Waals surface area contributed by atoms with Gasteiger partial charge in [-0.05, 0) is 48.8 Å². The number of anilines is 1. The summed E-state index contributed by atoms with van der Waals surface area (Å²) >= 11 is 1.40. The van der Waals surface area contributed by atoms with Crippen LogP contribution in [-0.4, -0.2) is 53.8 Å². The van der Waals surface area contributed by atoms with E-state index in [-0.39, 0.29) is 30.0 Å². The van der Waals surface area contributed by atoms with Crippen LogP contribution >= 0.6 is 11.3 Å². The number of aryl methyl sites for hydroxylation is 1. The second-order valence-electron chi connectivity index (χ2n) is 7.87. The Balaban J connectivity index is 1.29. The second kappa shape index (κ2) is 9.47. The van der Waals surface area contributed by atoms with E-state index < -0.39 is 10.9 Å². The average Bonchev–Trinajstić information content (AvgIpc) is 3.36. The zero-order chi connectivity index (χ0) is 22.7. The number of ether oxygens (including phenoxy) is 1. The molecule has 2 amide bonds. The maximum atomic E-state index is 12.7. The molecule has 1 saturated heterocycles. The number of benzene rings is 1. The fourth-order valence-electron chi connectivity index (χ4n) is 4.16. The van der Waals surface area contributed by atoms with Crippen molar-refractivity contribution in [3.63, 3.8) is 0 Å². The third-order valence-corrected chi connectivity index (χ3v) is 6.74. The Hall–Kier alpha value is -3.27. The van der Waals surface area contributed by atoms with Crippen molar-refractivity contribution in [1.82, 2.24) is 4.90 Å². The van der Waals surface area contributed by atoms with Crippen LogP contribution in [0.4, 0.5) is 11.4 Å². The standard InChI is InChI=1S/C22H23N3O6S/c26-20(24-9-1-3-16-13-17(25(29)30)5-6-18(16)24)14-31-22(28)15-7-10-23(11-8-15)21(27)19-4-2-12-32-19/h2,4-6,12-13,15H,1,3,7-11,14H2. The van der Waals surface area contributed by atoms with E-state index in [1.165, 1.54) is 28.4 Å². The number of likely N-dealkylation sites (tertiary alicyclic amines) is 1. The summed E-state index contributed by atoms with van der Waals surface area (Å²) in [4.78, 5) is 52.1. The predicted octanol–water partition coefficient (Wildman–Crippen LogP) is 3.03. The Kier molecular flexibility index (Phi) is 6.50. The van der Waals surface area contributed by atoms with E-state index in [0.29, 0.717) is 55.9 Å². The smallest absolute Gasteiger partial charge is 0.309 e. The van der Waals surface area contributed by atoms with E-state index in [0.717, 1.165) is 5.56 Å². The molecule has 2 aliphatic rings. The van der Waals surface area contributed by atoms with Gasteiger partial charge in [0.15, 0.2) is 6.61 Å². The van der Waals surface area contributed by atoms with Gasteiger partial charge >= 0.3 is 5.97 Å². The molecule has 0 spiro atoms. The number of fused-ring (bicyclic) bond motifs is 1. The number of nitro benzene ring substituents is 1. The van der Waals surface area contributed by atoms with Crippen molar-refractivity contribution in [2.45, 2.75) is 25.7 Å². The van der Waals surface area contributed by atoms with Gasteiger partial charge in [0.25, 0.3) is 17.5 Å². The summed E-state index contributed by atoms with van der Waals surface area (Å²) in [5.74, 6) is -1.14. The lowest BCUT2D eigenvalue weighted by Crippen LogP contribution is -2.42. The largest absolute Gasteiger partial charge is 0.455 e. The molecule has 0 N–H and O–H groups in total. The molecule has 2 aliphatic heterocycles. The molecule has 1 fully saturated rings. The molecule has 0 radical (unpaired) electrons. The van der Waals surface area contributed by atoms with Crippen molar-refractivity contribution in [2.24, 2.45) is 5.92 Å². The summed E-state index contributed by atoms with van der Waals surface area (Å²) < 4.78 is 5.30. The number of hydrogen-bond acceptors (Lipinski definition) is 7. The second-order valence-corrected chi connectivity index (χ2v) is 8.82. The minimum atomic E-state index is -0.456. The number of hydrogen-bond donors (Lipinski definition) is 0. The first-order valence-electron chi connectivity index (χ1n) is 10.5. The van der Waals surface area contributed by atoms with Crippen LogP contribution in [0.15, 0.2) is 35.7 Å². The Morgan fingerprint density at radius 2 is 1.94 bits per heavy atom. The van der Waals surface area contributed by atoms with Crippen molar-refractivity contribution >= 4 is 40.5 Å². The number of rotatable bonds is 5. The van der Waals surface area contributed by atoms with Crippen molar-refractivity contribution in [3.05, 3.63) is 56.3 Å². The lowest BCUT2D eigenvalue weighted by molar-refractivity contribution is -0.384. The van der Waals surface area contributed by atoms with E-state index in [1.807, 2.05) is 11.4 Å². The van der Waals surface area contributed by atoms with E-state index in [4.69, 9.17) is 4.74 Å². The highest BCUT2D eigenvalue weighted by Crippen LogP contribution is 2.30. The van der Waals surface area contributed by atoms with E-state index >= 15 is 0 Å². The SMILES string of the molecule is O=C(OCC(=O)N1CCCc2cc([N+](=O)[O-])ccc21)C1CCN(C(=O)c2cccs2)CC1. The first-order chi connectivity index (χ1) is 15.4. The number of carbonyl (C=O) groups is 3. The lowest BCUT2D eigenvalue weighted by Gasteiger charge is -2.31. The van der Waals surface area contributed by atoms with Crippen LogP contribution in [0, 0.1) is 16.0 Å². The van der Waals surface area contributed by atoms with Crippen LogP contribution in [0.3, 0.4) is 0 Å². The lowest BCUT2D eigenvalue weighted by atomic mass is 9.97. The maximum absolute atomic E-state index is 12.7. The molecule has 4 rings (SSSR count). The fraction of sp³-hybridized carbons (Fsp3) is 0.409. The van der Waals surface area contributed by atoms with E-state index in [1.54, 1.807) is 17.0 Å². The van der Waals surface area contributed by atoms with E-state index in [2.05, 4.69) is 0 Å². The highest BCUT2D eigenvalue weighted by atomic mass is 32.1. The first-order valence-corrected chi connectivity index (χ1v) is 11.4. The van der Waals surface area contributed by atoms with Crippen molar-refractivity contribution in [2.75, 3.05) is 31.1 Å². The number of carbonyl (C=O) groups excluding carboxylic acids is 3. The van der Waals surface area contributed by atoms with Gasteiger partial charge in [0, 0.05) is 37.5 Å². The fourth-order valence-corrected chi connectivity index (χ4v) is 4.85. The van der Waals surface area contributed by atoms with E-state index in [9.17, 15) is 24.5 Å².